The molecule has 0 fully saturated rings. The third-order valence-electron chi connectivity index (χ3n) is 3.32. The molecule has 0 radical (unpaired) electrons. The smallest absolute Gasteiger partial charge is 0.329 e. The Labute approximate surface area is 121 Å². The lowest BCUT2D eigenvalue weighted by Crippen LogP contribution is -2.53. The van der Waals surface area contributed by atoms with E-state index in [1.807, 2.05) is 0 Å². The number of rotatable bonds is 5. The van der Waals surface area contributed by atoms with Crippen LogP contribution in [0, 0.1) is 17.0 Å². The molecule has 8 heteroatoms. The third-order valence-corrected chi connectivity index (χ3v) is 3.32. The highest BCUT2D eigenvalue weighted by Crippen LogP contribution is 2.25. The Hall–Kier alpha value is -2.64. The monoisotopic (exact) mass is 295 g/mol. The number of nitrogens with one attached hydrogen (secondary N) is 2. The quantitative estimate of drug-likeness (QED) is 0.568. The molecule has 0 spiro atoms. The van der Waals surface area contributed by atoms with Crippen LogP contribution in [0.3, 0.4) is 0 Å². The zero-order valence-corrected chi connectivity index (χ0v) is 12.0. The molecular weight excluding hydrogens is 278 g/mol. The van der Waals surface area contributed by atoms with Crippen molar-refractivity contribution >= 4 is 23.4 Å². The lowest BCUT2D eigenvalue weighted by atomic mass is 10.00. The number of benzene rings is 1. The first-order valence-corrected chi connectivity index (χ1v) is 6.28. The zero-order chi connectivity index (χ0) is 16.2. The number of carbonyl (C=O) groups is 2. The molecule has 114 valence electrons. The molecule has 1 rings (SSSR count). The fourth-order valence-electron chi connectivity index (χ4n) is 1.65. The molecule has 21 heavy (non-hydrogen) atoms. The summed E-state index contributed by atoms with van der Waals surface area (Å²) in [5.41, 5.74) is -0.973. The molecule has 1 unspecified atom stereocenters. The van der Waals surface area contributed by atoms with Gasteiger partial charge in [0.05, 0.1) is 16.2 Å². The Bertz CT molecular complexity index is 587. The standard InChI is InChI=1S/C13H17N3O5/c1-4-13(3,11(17)18)15-12(19)14-9-6-5-7-10(8(9)2)16(20)21/h5-7H,4H2,1-3H3,(H,17,18)(H2,14,15,19). The van der Waals surface area contributed by atoms with Crippen molar-refractivity contribution in [2.45, 2.75) is 32.7 Å². The van der Waals surface area contributed by atoms with Gasteiger partial charge >= 0.3 is 12.0 Å². The molecule has 0 bridgehead atoms. The van der Waals surface area contributed by atoms with Crippen molar-refractivity contribution in [1.82, 2.24) is 5.32 Å². The largest absolute Gasteiger partial charge is 0.480 e. The van der Waals surface area contributed by atoms with Gasteiger partial charge in [-0.25, -0.2) is 9.59 Å². The predicted octanol–water partition coefficient (Wildman–Crippen LogP) is 2.28. The van der Waals surface area contributed by atoms with Crippen LogP contribution in [0.2, 0.25) is 0 Å². The molecule has 0 saturated heterocycles. The van der Waals surface area contributed by atoms with Gasteiger partial charge in [0.1, 0.15) is 5.54 Å². The van der Waals surface area contributed by atoms with Crippen molar-refractivity contribution in [3.8, 4) is 0 Å². The summed E-state index contributed by atoms with van der Waals surface area (Å²) in [7, 11) is 0. The van der Waals surface area contributed by atoms with Crippen molar-refractivity contribution in [1.29, 1.82) is 0 Å². The second-order valence-electron chi connectivity index (χ2n) is 4.78. The summed E-state index contributed by atoms with van der Waals surface area (Å²) in [6.07, 6.45) is 0.198. The van der Waals surface area contributed by atoms with Crippen LogP contribution in [0.5, 0.6) is 0 Å². The normalized spacial score (nSPS) is 13.1. The van der Waals surface area contributed by atoms with Crippen LogP contribution in [-0.4, -0.2) is 27.6 Å². The first-order chi connectivity index (χ1) is 9.71. The summed E-state index contributed by atoms with van der Waals surface area (Å²) in [5.74, 6) is -1.16. The second kappa shape index (κ2) is 6.21. The molecule has 1 aromatic rings. The van der Waals surface area contributed by atoms with E-state index in [4.69, 9.17) is 5.11 Å². The minimum absolute atomic E-state index is 0.121. The maximum Gasteiger partial charge on any atom is 0.329 e. The number of hydrogen-bond donors (Lipinski definition) is 3. The van der Waals surface area contributed by atoms with Crippen LogP contribution >= 0.6 is 0 Å². The number of nitro groups is 1. The highest BCUT2D eigenvalue weighted by Gasteiger charge is 2.33. The predicted molar refractivity (Wildman–Crippen MR) is 76.3 cm³/mol. The van der Waals surface area contributed by atoms with Gasteiger partial charge in [-0.2, -0.15) is 0 Å². The lowest BCUT2D eigenvalue weighted by Gasteiger charge is -2.24. The number of nitro benzene ring substituents is 1. The number of amides is 2. The summed E-state index contributed by atoms with van der Waals surface area (Å²) in [6.45, 7) is 4.52. The number of urea groups is 1. The highest BCUT2D eigenvalue weighted by molar-refractivity contribution is 5.94. The summed E-state index contributed by atoms with van der Waals surface area (Å²) in [5, 5.41) is 24.7. The minimum atomic E-state index is -1.40. The van der Waals surface area contributed by atoms with Crippen molar-refractivity contribution in [2.24, 2.45) is 0 Å². The zero-order valence-electron chi connectivity index (χ0n) is 12.0. The Morgan fingerprint density at radius 2 is 2.05 bits per heavy atom. The van der Waals surface area contributed by atoms with E-state index in [-0.39, 0.29) is 17.8 Å². The van der Waals surface area contributed by atoms with E-state index in [0.717, 1.165) is 0 Å². The number of aliphatic carboxylic acids is 1. The minimum Gasteiger partial charge on any atom is -0.480 e. The van der Waals surface area contributed by atoms with Crippen molar-refractivity contribution in [3.05, 3.63) is 33.9 Å². The molecule has 0 saturated carbocycles. The maximum absolute atomic E-state index is 11.9. The summed E-state index contributed by atoms with van der Waals surface area (Å²) < 4.78 is 0. The van der Waals surface area contributed by atoms with Gasteiger partial charge < -0.3 is 15.7 Å². The third kappa shape index (κ3) is 3.68. The first kappa shape index (κ1) is 16.4. The van der Waals surface area contributed by atoms with E-state index in [2.05, 4.69) is 10.6 Å². The van der Waals surface area contributed by atoms with Crippen LogP contribution < -0.4 is 10.6 Å². The van der Waals surface area contributed by atoms with Crippen LogP contribution in [0.4, 0.5) is 16.2 Å². The molecule has 1 atom stereocenters. The average molecular weight is 295 g/mol. The molecular formula is C13H17N3O5. The molecule has 0 heterocycles. The van der Waals surface area contributed by atoms with E-state index < -0.39 is 22.5 Å². The van der Waals surface area contributed by atoms with E-state index >= 15 is 0 Å². The van der Waals surface area contributed by atoms with Gasteiger partial charge in [0.2, 0.25) is 0 Å². The van der Waals surface area contributed by atoms with Crippen LogP contribution in [0.25, 0.3) is 0 Å². The number of carboxylic acids is 1. The molecule has 0 aliphatic rings. The Morgan fingerprint density at radius 3 is 2.52 bits per heavy atom. The second-order valence-corrected chi connectivity index (χ2v) is 4.78. The summed E-state index contributed by atoms with van der Waals surface area (Å²) in [4.78, 5) is 33.3. The molecule has 0 aromatic heterocycles. The summed E-state index contributed by atoms with van der Waals surface area (Å²) in [6, 6.07) is 3.54. The SMILES string of the molecule is CCC(C)(NC(=O)Nc1cccc([N+](=O)[O-])c1C)C(=O)O. The van der Waals surface area contributed by atoms with E-state index in [0.29, 0.717) is 5.56 Å². The van der Waals surface area contributed by atoms with Crippen LogP contribution in [0.1, 0.15) is 25.8 Å². The summed E-state index contributed by atoms with van der Waals surface area (Å²) >= 11 is 0. The maximum atomic E-state index is 11.9. The van der Waals surface area contributed by atoms with Gasteiger partial charge in [-0.15, -0.1) is 0 Å². The van der Waals surface area contributed by atoms with Crippen LogP contribution in [-0.2, 0) is 4.79 Å². The Balaban J connectivity index is 2.92. The topological polar surface area (TPSA) is 122 Å². The number of carboxylic acid groups (broad SMARTS) is 1. The fraction of sp³-hybridized carbons (Fsp3) is 0.385. The van der Waals surface area contributed by atoms with Crippen molar-refractivity contribution < 1.29 is 19.6 Å². The van der Waals surface area contributed by atoms with Gasteiger partial charge in [-0.05, 0) is 26.3 Å². The van der Waals surface area contributed by atoms with Gasteiger partial charge in [0.25, 0.3) is 5.69 Å². The van der Waals surface area contributed by atoms with Gasteiger partial charge in [-0.3, -0.25) is 10.1 Å². The van der Waals surface area contributed by atoms with Gasteiger partial charge in [0, 0.05) is 6.07 Å². The Kier molecular flexibility index (Phi) is 4.85. The first-order valence-electron chi connectivity index (χ1n) is 6.28. The lowest BCUT2D eigenvalue weighted by molar-refractivity contribution is -0.385. The number of carbonyl (C=O) groups excluding carboxylic acids is 1. The number of nitrogens with zero attached hydrogens (tertiary/aromatic N) is 1. The molecule has 0 aliphatic heterocycles. The van der Waals surface area contributed by atoms with E-state index in [9.17, 15) is 19.7 Å². The molecule has 2 amide bonds. The average Bonchev–Trinajstić information content (AvgIpc) is 2.40. The van der Waals surface area contributed by atoms with Crippen molar-refractivity contribution in [2.75, 3.05) is 5.32 Å². The van der Waals surface area contributed by atoms with E-state index in [1.54, 1.807) is 6.92 Å². The Morgan fingerprint density at radius 1 is 1.43 bits per heavy atom. The highest BCUT2D eigenvalue weighted by atomic mass is 16.6. The molecule has 1 aromatic carbocycles. The van der Waals surface area contributed by atoms with E-state index in [1.165, 1.54) is 32.0 Å². The van der Waals surface area contributed by atoms with Crippen LogP contribution in [0.15, 0.2) is 18.2 Å². The van der Waals surface area contributed by atoms with Gasteiger partial charge in [-0.1, -0.05) is 13.0 Å². The fourth-order valence-corrected chi connectivity index (χ4v) is 1.65. The molecule has 8 nitrogen and oxygen atoms in total. The number of hydrogen-bond acceptors (Lipinski definition) is 4. The molecule has 0 aliphatic carbocycles. The number of anilines is 1. The van der Waals surface area contributed by atoms with Gasteiger partial charge in [0.15, 0.2) is 0 Å². The van der Waals surface area contributed by atoms with Crippen molar-refractivity contribution in [3.63, 3.8) is 0 Å². The molecule has 3 N–H and O–H groups in total.